The molecular weight excluding hydrogens is 334 g/mol. The van der Waals surface area contributed by atoms with Crippen molar-refractivity contribution in [3.05, 3.63) is 66.5 Å². The Kier molecular flexibility index (Phi) is 5.09. The Bertz CT molecular complexity index is 933. The lowest BCUT2D eigenvalue weighted by molar-refractivity contribution is 0.102. The van der Waals surface area contributed by atoms with E-state index in [4.69, 9.17) is 4.74 Å². The molecule has 2 aromatic heterocycles. The summed E-state index contributed by atoms with van der Waals surface area (Å²) in [6.45, 7) is 6.16. The Morgan fingerprint density at radius 3 is 2.92 bits per heavy atom. The first kappa shape index (κ1) is 17.1. The number of imidazole rings is 1. The largest absolute Gasteiger partial charge is 0.489 e. The fraction of sp³-hybridized carbons (Fsp3) is 0.158. The second-order valence-electron chi connectivity index (χ2n) is 5.63. The molecule has 0 aliphatic rings. The highest BCUT2D eigenvalue weighted by molar-refractivity contribution is 7.98. The van der Waals surface area contributed by atoms with Gasteiger partial charge in [0, 0.05) is 18.0 Å². The number of benzene rings is 1. The Morgan fingerprint density at radius 2 is 2.16 bits per heavy atom. The third-order valence-corrected chi connectivity index (χ3v) is 4.14. The molecule has 0 unspecified atom stereocenters. The van der Waals surface area contributed by atoms with E-state index in [-0.39, 0.29) is 5.91 Å². The van der Waals surface area contributed by atoms with Crippen LogP contribution in [0.3, 0.4) is 0 Å². The fourth-order valence-corrected chi connectivity index (χ4v) is 2.92. The van der Waals surface area contributed by atoms with E-state index >= 15 is 0 Å². The zero-order valence-electron chi connectivity index (χ0n) is 14.2. The summed E-state index contributed by atoms with van der Waals surface area (Å²) < 4.78 is 7.52. The maximum atomic E-state index is 12.7. The van der Waals surface area contributed by atoms with Gasteiger partial charge in [-0.05, 0) is 43.0 Å². The molecule has 2 heterocycles. The number of nitrogens with one attached hydrogen (secondary N) is 1. The number of aromatic nitrogens is 2. The molecule has 0 aliphatic heterocycles. The molecule has 128 valence electrons. The maximum absolute atomic E-state index is 12.7. The average molecular weight is 353 g/mol. The summed E-state index contributed by atoms with van der Waals surface area (Å²) >= 11 is 1.50. The van der Waals surface area contributed by atoms with Crippen LogP contribution < -0.4 is 10.1 Å². The van der Waals surface area contributed by atoms with Gasteiger partial charge in [0.1, 0.15) is 12.4 Å². The van der Waals surface area contributed by atoms with Gasteiger partial charge in [0.25, 0.3) is 5.91 Å². The Morgan fingerprint density at radius 1 is 1.32 bits per heavy atom. The third-order valence-electron chi connectivity index (χ3n) is 3.49. The molecule has 0 bridgehead atoms. The molecule has 0 spiro atoms. The maximum Gasteiger partial charge on any atom is 0.276 e. The average Bonchev–Trinajstić information content (AvgIpc) is 2.99. The van der Waals surface area contributed by atoms with Crippen LogP contribution in [0.4, 0.5) is 5.69 Å². The Balaban J connectivity index is 1.83. The Labute approximate surface area is 150 Å². The van der Waals surface area contributed by atoms with Gasteiger partial charge >= 0.3 is 0 Å². The lowest BCUT2D eigenvalue weighted by atomic mass is 10.2. The van der Waals surface area contributed by atoms with Gasteiger partial charge in [-0.25, -0.2) is 4.98 Å². The minimum Gasteiger partial charge on any atom is -0.489 e. The van der Waals surface area contributed by atoms with Crippen molar-refractivity contribution in [2.45, 2.75) is 12.1 Å². The molecule has 1 N–H and O–H groups in total. The van der Waals surface area contributed by atoms with Crippen molar-refractivity contribution in [2.24, 2.45) is 0 Å². The van der Waals surface area contributed by atoms with Crippen molar-refractivity contribution in [1.29, 1.82) is 0 Å². The van der Waals surface area contributed by atoms with E-state index < -0.39 is 0 Å². The summed E-state index contributed by atoms with van der Waals surface area (Å²) in [5.74, 6) is 0.432. The zero-order chi connectivity index (χ0) is 17.8. The van der Waals surface area contributed by atoms with Crippen molar-refractivity contribution in [3.63, 3.8) is 0 Å². The number of thioether (sulfide) groups is 1. The summed E-state index contributed by atoms with van der Waals surface area (Å²) in [4.78, 5) is 17.1. The van der Waals surface area contributed by atoms with Crippen LogP contribution in [0.5, 0.6) is 5.75 Å². The zero-order valence-corrected chi connectivity index (χ0v) is 15.0. The molecule has 1 amide bonds. The van der Waals surface area contributed by atoms with Crippen LogP contribution in [0, 0.1) is 0 Å². The van der Waals surface area contributed by atoms with Gasteiger partial charge in [-0.15, -0.1) is 0 Å². The highest BCUT2D eigenvalue weighted by atomic mass is 32.2. The third kappa shape index (κ3) is 3.85. The number of rotatable bonds is 6. The van der Waals surface area contributed by atoms with E-state index in [1.54, 1.807) is 6.07 Å². The van der Waals surface area contributed by atoms with E-state index in [1.165, 1.54) is 11.8 Å². The topological polar surface area (TPSA) is 55.6 Å². The lowest BCUT2D eigenvalue weighted by Gasteiger charge is -2.08. The molecule has 1 aromatic carbocycles. The smallest absolute Gasteiger partial charge is 0.276 e. The Hall–Kier alpha value is -2.73. The molecule has 0 atom stereocenters. The number of fused-ring (bicyclic) bond motifs is 1. The molecule has 6 heteroatoms. The molecule has 0 saturated carbocycles. The van der Waals surface area contributed by atoms with Gasteiger partial charge in [0.2, 0.25) is 0 Å². The van der Waals surface area contributed by atoms with Crippen LogP contribution in [0.2, 0.25) is 0 Å². The first-order chi connectivity index (χ1) is 12.1. The number of carbonyl (C=O) groups excluding carboxylic acids is 1. The molecule has 0 radical (unpaired) electrons. The predicted molar refractivity (Wildman–Crippen MR) is 102 cm³/mol. The van der Waals surface area contributed by atoms with Crippen molar-refractivity contribution < 1.29 is 9.53 Å². The van der Waals surface area contributed by atoms with Crippen molar-refractivity contribution >= 4 is 28.9 Å². The first-order valence-electron chi connectivity index (χ1n) is 7.78. The molecule has 0 aliphatic carbocycles. The second-order valence-corrected chi connectivity index (χ2v) is 6.40. The molecule has 5 nitrogen and oxygen atoms in total. The van der Waals surface area contributed by atoms with Crippen LogP contribution in [0.25, 0.3) is 5.52 Å². The number of ether oxygens (including phenoxy) is 1. The number of nitrogens with zero attached hydrogens (tertiary/aromatic N) is 2. The summed E-state index contributed by atoms with van der Waals surface area (Å²) in [5.41, 5.74) is 2.77. The van der Waals surface area contributed by atoms with E-state index in [0.29, 0.717) is 23.7 Å². The number of hydrogen-bond donors (Lipinski definition) is 1. The van der Waals surface area contributed by atoms with E-state index in [0.717, 1.165) is 16.2 Å². The fourth-order valence-electron chi connectivity index (χ4n) is 2.38. The summed E-state index contributed by atoms with van der Waals surface area (Å²) in [7, 11) is 0. The van der Waals surface area contributed by atoms with Gasteiger partial charge in [-0.1, -0.05) is 30.5 Å². The minimum absolute atomic E-state index is 0.249. The van der Waals surface area contributed by atoms with Crippen molar-refractivity contribution in [2.75, 3.05) is 18.2 Å². The number of carbonyl (C=O) groups is 1. The highest BCUT2D eigenvalue weighted by Gasteiger charge is 2.17. The summed E-state index contributed by atoms with van der Waals surface area (Å²) in [6.07, 6.45) is 3.84. The van der Waals surface area contributed by atoms with E-state index in [9.17, 15) is 4.79 Å². The number of hydrogen-bond acceptors (Lipinski definition) is 4. The normalized spacial score (nSPS) is 10.6. The SMILES string of the molecule is C=C(C)COc1cccc(NC(=O)c2nc(SC)n3ccccc23)c1. The molecule has 3 rings (SSSR count). The molecular formula is C19H19N3O2S. The van der Waals surface area contributed by atoms with Gasteiger partial charge in [-0.3, -0.25) is 9.20 Å². The standard InChI is InChI=1S/C19H19N3O2S/c1-13(2)12-24-15-8-6-7-14(11-15)20-18(23)17-16-9-4-5-10-22(16)19(21-17)25-3/h4-11H,1,12H2,2-3H3,(H,20,23). The molecule has 0 fully saturated rings. The molecule has 25 heavy (non-hydrogen) atoms. The van der Waals surface area contributed by atoms with E-state index in [1.807, 2.05) is 60.2 Å². The van der Waals surface area contributed by atoms with E-state index in [2.05, 4.69) is 16.9 Å². The lowest BCUT2D eigenvalue weighted by Crippen LogP contribution is -2.13. The molecule has 3 aromatic rings. The predicted octanol–water partition coefficient (Wildman–Crippen LogP) is 4.26. The van der Waals surface area contributed by atoms with Crippen molar-refractivity contribution in [3.8, 4) is 5.75 Å². The van der Waals surface area contributed by atoms with Gasteiger partial charge in [0.15, 0.2) is 10.9 Å². The monoisotopic (exact) mass is 353 g/mol. The van der Waals surface area contributed by atoms with Crippen LogP contribution in [0.1, 0.15) is 17.4 Å². The second kappa shape index (κ2) is 7.44. The van der Waals surface area contributed by atoms with Crippen LogP contribution in [-0.2, 0) is 0 Å². The quantitative estimate of drug-likeness (QED) is 0.531. The number of pyridine rings is 1. The minimum atomic E-state index is -0.249. The van der Waals surface area contributed by atoms with Crippen LogP contribution in [-0.4, -0.2) is 28.2 Å². The van der Waals surface area contributed by atoms with Gasteiger partial charge in [-0.2, -0.15) is 0 Å². The molecule has 0 saturated heterocycles. The highest BCUT2D eigenvalue weighted by Crippen LogP contribution is 2.22. The first-order valence-corrected chi connectivity index (χ1v) is 9.00. The van der Waals surface area contributed by atoms with Crippen LogP contribution in [0.15, 0.2) is 66.0 Å². The van der Waals surface area contributed by atoms with Gasteiger partial charge < -0.3 is 10.1 Å². The number of amides is 1. The summed E-state index contributed by atoms with van der Waals surface area (Å²) in [5, 5.41) is 3.67. The van der Waals surface area contributed by atoms with Crippen LogP contribution >= 0.6 is 11.8 Å². The number of anilines is 1. The van der Waals surface area contributed by atoms with Crippen molar-refractivity contribution in [1.82, 2.24) is 9.38 Å². The van der Waals surface area contributed by atoms with Gasteiger partial charge in [0.05, 0.1) is 5.52 Å². The summed E-state index contributed by atoms with van der Waals surface area (Å²) in [6, 6.07) is 13.0.